The van der Waals surface area contributed by atoms with E-state index in [4.69, 9.17) is 11.6 Å². The Morgan fingerprint density at radius 3 is 2.85 bits per heavy atom. The van der Waals surface area contributed by atoms with Crippen LogP contribution in [0.1, 0.15) is 60.6 Å². The fraction of sp³-hybridized carbons (Fsp3) is 0.318. The van der Waals surface area contributed by atoms with Crippen LogP contribution in [0.4, 0.5) is 0 Å². The van der Waals surface area contributed by atoms with Gasteiger partial charge in [-0.3, -0.25) is 4.79 Å². The number of hydrogen-bond donors (Lipinski definition) is 0. The van der Waals surface area contributed by atoms with Gasteiger partial charge in [-0.25, -0.2) is 9.97 Å². The fourth-order valence-corrected chi connectivity index (χ4v) is 3.38. The Bertz CT molecular complexity index is 1080. The third-order valence-corrected chi connectivity index (χ3v) is 5.10. The number of nitrogens with zero attached hydrogens (tertiary/aromatic N) is 3. The highest BCUT2D eigenvalue weighted by Crippen LogP contribution is 2.33. The fourth-order valence-electron chi connectivity index (χ4n) is 3.15. The maximum absolute atomic E-state index is 12.3. The molecule has 0 aliphatic heterocycles. The zero-order chi connectivity index (χ0) is 19.0. The van der Waals surface area contributed by atoms with E-state index in [-0.39, 0.29) is 11.8 Å². The molecule has 0 bridgehead atoms. The highest BCUT2D eigenvalue weighted by molar-refractivity contribution is 6.34. The van der Waals surface area contributed by atoms with Crippen LogP contribution in [-0.2, 0) is 0 Å². The number of hydrogen-bond acceptors (Lipinski definition) is 3. The summed E-state index contributed by atoms with van der Waals surface area (Å²) in [6, 6.07) is 7.78. The minimum Gasteiger partial charge on any atom is -0.329 e. The first-order valence-electron chi connectivity index (χ1n) is 9.19. The monoisotopic (exact) mass is 377 g/mol. The van der Waals surface area contributed by atoms with Crippen LogP contribution in [0.3, 0.4) is 0 Å². The molecule has 1 aromatic carbocycles. The molecule has 1 saturated carbocycles. The van der Waals surface area contributed by atoms with Crippen molar-refractivity contribution in [1.82, 2.24) is 14.5 Å². The van der Waals surface area contributed by atoms with E-state index in [2.05, 4.69) is 35.7 Å². The summed E-state index contributed by atoms with van der Waals surface area (Å²) in [4.78, 5) is 20.8. The number of rotatable bonds is 4. The first kappa shape index (κ1) is 17.8. The lowest BCUT2D eigenvalue weighted by molar-refractivity contribution is 0.0976. The predicted molar refractivity (Wildman–Crippen MR) is 107 cm³/mol. The van der Waals surface area contributed by atoms with Crippen LogP contribution in [0, 0.1) is 17.8 Å². The lowest BCUT2D eigenvalue weighted by Crippen LogP contribution is -2.00. The second kappa shape index (κ2) is 7.17. The smallest absolute Gasteiger partial charge is 0.163 e. The SMILES string of the molecule is CC(C)n1cc(C#Cc2cccc(C(=O)CC3CC3)c2)c2c(Cl)ncnc21. The van der Waals surface area contributed by atoms with E-state index in [1.807, 2.05) is 35.0 Å². The number of benzene rings is 1. The molecule has 0 amide bonds. The number of halogens is 1. The van der Waals surface area contributed by atoms with Crippen molar-refractivity contribution in [3.8, 4) is 11.8 Å². The summed E-state index contributed by atoms with van der Waals surface area (Å²) in [6.07, 6.45) is 6.42. The Labute approximate surface area is 163 Å². The molecule has 136 valence electrons. The average Bonchev–Trinajstić information content (AvgIpc) is 3.38. The van der Waals surface area contributed by atoms with Gasteiger partial charge in [0.05, 0.1) is 10.9 Å². The molecule has 3 aromatic rings. The van der Waals surface area contributed by atoms with Crippen LogP contribution in [0.5, 0.6) is 0 Å². The van der Waals surface area contributed by atoms with E-state index in [9.17, 15) is 4.79 Å². The summed E-state index contributed by atoms with van der Waals surface area (Å²) >= 11 is 6.31. The molecular formula is C22H20ClN3O. The number of fused-ring (bicyclic) bond motifs is 1. The van der Waals surface area contributed by atoms with Gasteiger partial charge < -0.3 is 4.57 Å². The van der Waals surface area contributed by atoms with Gasteiger partial charge in [0.15, 0.2) is 5.78 Å². The summed E-state index contributed by atoms with van der Waals surface area (Å²) in [5.41, 5.74) is 3.12. The molecule has 1 aliphatic carbocycles. The first-order chi connectivity index (χ1) is 13.0. The number of aromatic nitrogens is 3. The van der Waals surface area contributed by atoms with Crippen LogP contribution >= 0.6 is 11.6 Å². The van der Waals surface area contributed by atoms with Crippen molar-refractivity contribution in [2.75, 3.05) is 0 Å². The number of carbonyl (C=O) groups excluding carboxylic acids is 1. The van der Waals surface area contributed by atoms with Crippen molar-refractivity contribution in [3.63, 3.8) is 0 Å². The molecule has 27 heavy (non-hydrogen) atoms. The molecule has 0 saturated heterocycles. The summed E-state index contributed by atoms with van der Waals surface area (Å²) < 4.78 is 2.04. The molecule has 5 heteroatoms. The quantitative estimate of drug-likeness (QED) is 0.363. The van der Waals surface area contributed by atoms with Crippen molar-refractivity contribution < 1.29 is 4.79 Å². The third kappa shape index (κ3) is 3.74. The van der Waals surface area contributed by atoms with E-state index in [1.165, 1.54) is 19.2 Å². The van der Waals surface area contributed by atoms with E-state index >= 15 is 0 Å². The molecule has 0 radical (unpaired) electrons. The molecular weight excluding hydrogens is 358 g/mol. The Kier molecular flexibility index (Phi) is 4.72. The van der Waals surface area contributed by atoms with Crippen molar-refractivity contribution >= 4 is 28.4 Å². The van der Waals surface area contributed by atoms with Crippen LogP contribution in [0.25, 0.3) is 11.0 Å². The van der Waals surface area contributed by atoms with Crippen LogP contribution in [0.2, 0.25) is 5.15 Å². The molecule has 1 aliphatic rings. The summed E-state index contributed by atoms with van der Waals surface area (Å²) in [5.74, 6) is 7.14. The Balaban J connectivity index is 1.69. The normalized spacial score (nSPS) is 13.6. The highest BCUT2D eigenvalue weighted by atomic mass is 35.5. The Hall–Kier alpha value is -2.64. The van der Waals surface area contributed by atoms with Gasteiger partial charge in [0.25, 0.3) is 0 Å². The Morgan fingerprint density at radius 2 is 2.11 bits per heavy atom. The molecule has 0 N–H and O–H groups in total. The van der Waals surface area contributed by atoms with Gasteiger partial charge in [0.2, 0.25) is 0 Å². The summed E-state index contributed by atoms with van der Waals surface area (Å²) in [6.45, 7) is 4.17. The van der Waals surface area contributed by atoms with Gasteiger partial charge in [0.1, 0.15) is 17.1 Å². The topological polar surface area (TPSA) is 47.8 Å². The molecule has 2 heterocycles. The average molecular weight is 378 g/mol. The minimum atomic E-state index is 0.203. The van der Waals surface area contributed by atoms with Crippen LogP contribution < -0.4 is 0 Å². The molecule has 1 fully saturated rings. The van der Waals surface area contributed by atoms with Gasteiger partial charge >= 0.3 is 0 Å². The first-order valence-corrected chi connectivity index (χ1v) is 9.57. The number of ketones is 1. The summed E-state index contributed by atoms with van der Waals surface area (Å²) in [5, 5.41) is 1.17. The zero-order valence-electron chi connectivity index (χ0n) is 15.4. The molecule has 4 nitrogen and oxygen atoms in total. The van der Waals surface area contributed by atoms with Gasteiger partial charge in [-0.1, -0.05) is 35.6 Å². The van der Waals surface area contributed by atoms with Crippen molar-refractivity contribution in [1.29, 1.82) is 0 Å². The van der Waals surface area contributed by atoms with Gasteiger partial charge in [-0.15, -0.1) is 0 Å². The van der Waals surface area contributed by atoms with Crippen molar-refractivity contribution in [3.05, 3.63) is 58.6 Å². The Morgan fingerprint density at radius 1 is 1.30 bits per heavy atom. The van der Waals surface area contributed by atoms with E-state index in [0.717, 1.165) is 27.7 Å². The molecule has 0 unspecified atom stereocenters. The van der Waals surface area contributed by atoms with E-state index < -0.39 is 0 Å². The molecule has 0 atom stereocenters. The second-order valence-electron chi connectivity index (χ2n) is 7.31. The largest absolute Gasteiger partial charge is 0.329 e. The maximum atomic E-state index is 12.3. The molecule has 2 aromatic heterocycles. The number of Topliss-reactive ketones (excluding diaryl/α,β-unsaturated/α-hetero) is 1. The summed E-state index contributed by atoms with van der Waals surface area (Å²) in [7, 11) is 0. The van der Waals surface area contributed by atoms with Gasteiger partial charge in [-0.05, 0) is 44.7 Å². The van der Waals surface area contributed by atoms with Gasteiger partial charge in [-0.2, -0.15) is 0 Å². The molecule has 0 spiro atoms. The van der Waals surface area contributed by atoms with Gasteiger partial charge in [0, 0.05) is 29.8 Å². The second-order valence-corrected chi connectivity index (χ2v) is 7.67. The highest BCUT2D eigenvalue weighted by Gasteiger charge is 2.24. The lowest BCUT2D eigenvalue weighted by Gasteiger charge is -2.07. The lowest BCUT2D eigenvalue weighted by atomic mass is 10.0. The van der Waals surface area contributed by atoms with Crippen LogP contribution in [-0.4, -0.2) is 20.3 Å². The standard InChI is InChI=1S/C22H20ClN3O/c1-14(2)26-12-18(20-21(23)24-13-25-22(20)26)9-8-15-4-3-5-17(10-15)19(27)11-16-6-7-16/h3-5,10,12-14,16H,6-7,11H2,1-2H3. The zero-order valence-corrected chi connectivity index (χ0v) is 16.1. The van der Waals surface area contributed by atoms with E-state index in [0.29, 0.717) is 17.5 Å². The van der Waals surface area contributed by atoms with Crippen molar-refractivity contribution in [2.24, 2.45) is 5.92 Å². The number of carbonyl (C=O) groups is 1. The van der Waals surface area contributed by atoms with E-state index in [1.54, 1.807) is 0 Å². The predicted octanol–water partition coefficient (Wildman–Crippen LogP) is 5.05. The van der Waals surface area contributed by atoms with Crippen LogP contribution in [0.15, 0.2) is 36.8 Å². The molecule has 4 rings (SSSR count). The third-order valence-electron chi connectivity index (χ3n) is 4.82. The van der Waals surface area contributed by atoms with Crippen molar-refractivity contribution in [2.45, 2.75) is 39.2 Å². The minimum absolute atomic E-state index is 0.203. The maximum Gasteiger partial charge on any atom is 0.163 e.